The molecule has 3 amide bonds. The molecule has 7 nitrogen and oxygen atoms in total. The van der Waals surface area contributed by atoms with Crippen LogP contribution in [0.5, 0.6) is 5.75 Å². The molecule has 1 aliphatic heterocycles. The van der Waals surface area contributed by atoms with Crippen LogP contribution in [0.3, 0.4) is 0 Å². The van der Waals surface area contributed by atoms with Crippen LogP contribution in [0.4, 0.5) is 5.69 Å². The lowest BCUT2D eigenvalue weighted by Gasteiger charge is -2.14. The molecular weight excluding hydrogens is 346 g/mol. The zero-order valence-corrected chi connectivity index (χ0v) is 14.4. The Kier molecular flexibility index (Phi) is 4.04. The zero-order valence-electron chi connectivity index (χ0n) is 14.4. The minimum Gasteiger partial charge on any atom is -0.497 e. The van der Waals surface area contributed by atoms with Crippen molar-refractivity contribution in [1.29, 1.82) is 0 Å². The number of imide groups is 1. The number of carbonyl (C=O) groups excluding carboxylic acids is 3. The van der Waals surface area contributed by atoms with Crippen molar-refractivity contribution in [2.45, 2.75) is 0 Å². The quantitative estimate of drug-likeness (QED) is 0.721. The Balaban J connectivity index is 1.57. The maximum absolute atomic E-state index is 12.5. The van der Waals surface area contributed by atoms with Crippen molar-refractivity contribution in [1.82, 2.24) is 9.88 Å². The molecule has 134 valence electrons. The van der Waals surface area contributed by atoms with E-state index in [0.717, 1.165) is 4.90 Å². The van der Waals surface area contributed by atoms with Gasteiger partial charge in [0.1, 0.15) is 12.3 Å². The third-order valence-electron chi connectivity index (χ3n) is 4.40. The van der Waals surface area contributed by atoms with Gasteiger partial charge < -0.3 is 10.1 Å². The number of benzene rings is 2. The predicted octanol–water partition coefficient (Wildman–Crippen LogP) is 2.48. The highest BCUT2D eigenvalue weighted by atomic mass is 16.5. The molecule has 0 saturated carbocycles. The maximum Gasteiger partial charge on any atom is 0.262 e. The molecule has 1 aromatic heterocycles. The summed E-state index contributed by atoms with van der Waals surface area (Å²) in [5.74, 6) is -0.773. The minimum absolute atomic E-state index is 0.314. The summed E-state index contributed by atoms with van der Waals surface area (Å²) in [4.78, 5) is 42.5. The Morgan fingerprint density at radius 1 is 1.07 bits per heavy atom. The Morgan fingerprint density at radius 3 is 2.44 bits per heavy atom. The normalized spacial score (nSPS) is 13.0. The number of methoxy groups -OCH3 is 1. The van der Waals surface area contributed by atoms with Crippen LogP contribution in [-0.2, 0) is 4.79 Å². The fraction of sp³-hybridized carbons (Fsp3) is 0.100. The lowest BCUT2D eigenvalue weighted by molar-refractivity contribution is -0.116. The zero-order chi connectivity index (χ0) is 19.0. The van der Waals surface area contributed by atoms with Crippen LogP contribution in [0, 0.1) is 0 Å². The van der Waals surface area contributed by atoms with Crippen LogP contribution in [0.25, 0.3) is 10.9 Å². The summed E-state index contributed by atoms with van der Waals surface area (Å²) in [7, 11) is 1.55. The average Bonchev–Trinajstić information content (AvgIpc) is 2.93. The topological polar surface area (TPSA) is 88.6 Å². The summed E-state index contributed by atoms with van der Waals surface area (Å²) in [6.07, 6.45) is 1.58. The Bertz CT molecular complexity index is 1060. The first-order valence-corrected chi connectivity index (χ1v) is 8.26. The fourth-order valence-electron chi connectivity index (χ4n) is 3.08. The molecule has 1 aliphatic rings. The van der Waals surface area contributed by atoms with Crippen LogP contribution >= 0.6 is 0 Å². The van der Waals surface area contributed by atoms with Gasteiger partial charge in [-0.1, -0.05) is 12.1 Å². The fourth-order valence-corrected chi connectivity index (χ4v) is 3.08. The number of rotatable bonds is 4. The molecule has 0 radical (unpaired) electrons. The molecule has 0 aliphatic carbocycles. The molecule has 0 atom stereocenters. The third kappa shape index (κ3) is 2.89. The van der Waals surface area contributed by atoms with Gasteiger partial charge >= 0.3 is 0 Å². The molecular formula is C20H15N3O4. The molecule has 0 saturated heterocycles. The summed E-state index contributed by atoms with van der Waals surface area (Å²) >= 11 is 0. The summed E-state index contributed by atoms with van der Waals surface area (Å²) in [6.45, 7) is -0.361. The van der Waals surface area contributed by atoms with Crippen molar-refractivity contribution in [2.75, 3.05) is 19.0 Å². The van der Waals surface area contributed by atoms with E-state index >= 15 is 0 Å². The number of nitrogens with zero attached hydrogens (tertiary/aromatic N) is 2. The largest absolute Gasteiger partial charge is 0.497 e. The first-order chi connectivity index (χ1) is 13.1. The van der Waals surface area contributed by atoms with Gasteiger partial charge in [-0.05, 0) is 36.4 Å². The van der Waals surface area contributed by atoms with Gasteiger partial charge in [0, 0.05) is 11.6 Å². The first kappa shape index (κ1) is 16.7. The van der Waals surface area contributed by atoms with E-state index in [2.05, 4.69) is 10.3 Å². The first-order valence-electron chi connectivity index (χ1n) is 8.26. The molecule has 0 unspecified atom stereocenters. The number of fused-ring (bicyclic) bond motifs is 2. The standard InChI is InChI=1S/C20H15N3O4/c1-27-12-6-7-16-15(10-12)17(8-9-21-16)22-18(24)11-23-19(25)13-4-2-3-5-14(13)20(23)26/h2-10H,11H2,1H3,(H,21,22,24). The van der Waals surface area contributed by atoms with Gasteiger partial charge in [0.25, 0.3) is 11.8 Å². The van der Waals surface area contributed by atoms with E-state index in [1.807, 2.05) is 0 Å². The summed E-state index contributed by atoms with van der Waals surface area (Å²) < 4.78 is 5.22. The van der Waals surface area contributed by atoms with E-state index in [0.29, 0.717) is 33.5 Å². The van der Waals surface area contributed by atoms with Crippen LogP contribution in [-0.4, -0.2) is 41.3 Å². The van der Waals surface area contributed by atoms with E-state index < -0.39 is 17.7 Å². The van der Waals surface area contributed by atoms with Crippen molar-refractivity contribution in [3.05, 3.63) is 65.9 Å². The summed E-state index contributed by atoms with van der Waals surface area (Å²) in [5, 5.41) is 3.45. The smallest absolute Gasteiger partial charge is 0.262 e. The van der Waals surface area contributed by atoms with E-state index in [9.17, 15) is 14.4 Å². The molecule has 2 heterocycles. The highest BCUT2D eigenvalue weighted by molar-refractivity contribution is 6.22. The second-order valence-corrected chi connectivity index (χ2v) is 6.03. The van der Waals surface area contributed by atoms with Gasteiger partial charge in [-0.15, -0.1) is 0 Å². The number of amides is 3. The van der Waals surface area contributed by atoms with Crippen LogP contribution in [0.2, 0.25) is 0 Å². The molecule has 0 spiro atoms. The monoisotopic (exact) mass is 361 g/mol. The van der Waals surface area contributed by atoms with Crippen molar-refractivity contribution in [3.8, 4) is 5.75 Å². The van der Waals surface area contributed by atoms with E-state index in [1.165, 1.54) is 0 Å². The third-order valence-corrected chi connectivity index (χ3v) is 4.40. The van der Waals surface area contributed by atoms with Crippen molar-refractivity contribution in [3.63, 3.8) is 0 Å². The molecule has 2 aromatic carbocycles. The number of carbonyl (C=O) groups is 3. The number of hydrogen-bond donors (Lipinski definition) is 1. The predicted molar refractivity (Wildman–Crippen MR) is 98.7 cm³/mol. The second-order valence-electron chi connectivity index (χ2n) is 6.03. The van der Waals surface area contributed by atoms with E-state index in [4.69, 9.17) is 4.74 Å². The minimum atomic E-state index is -0.472. The van der Waals surface area contributed by atoms with Crippen molar-refractivity contribution in [2.24, 2.45) is 0 Å². The summed E-state index contributed by atoms with van der Waals surface area (Å²) in [5.41, 5.74) is 1.85. The number of ether oxygens (including phenoxy) is 1. The van der Waals surface area contributed by atoms with Crippen molar-refractivity contribution >= 4 is 34.3 Å². The van der Waals surface area contributed by atoms with Gasteiger partial charge in [-0.2, -0.15) is 0 Å². The number of anilines is 1. The Hall–Kier alpha value is -3.74. The van der Waals surface area contributed by atoms with E-state index in [1.54, 1.807) is 61.8 Å². The molecule has 4 rings (SSSR count). The lowest BCUT2D eigenvalue weighted by Crippen LogP contribution is -2.37. The Labute approximate surface area is 154 Å². The van der Waals surface area contributed by atoms with Crippen LogP contribution in [0.15, 0.2) is 54.7 Å². The molecule has 0 bridgehead atoms. The molecule has 1 N–H and O–H groups in total. The summed E-state index contributed by atoms with van der Waals surface area (Å²) in [6, 6.07) is 13.5. The molecule has 0 fully saturated rings. The Morgan fingerprint density at radius 2 is 1.78 bits per heavy atom. The van der Waals surface area contributed by atoms with Crippen LogP contribution in [0.1, 0.15) is 20.7 Å². The SMILES string of the molecule is COc1ccc2nccc(NC(=O)CN3C(=O)c4ccccc4C3=O)c2c1. The van der Waals surface area contributed by atoms with Gasteiger partial charge in [0.05, 0.1) is 29.4 Å². The number of nitrogens with one attached hydrogen (secondary N) is 1. The molecule has 7 heteroatoms. The average molecular weight is 361 g/mol. The molecule has 27 heavy (non-hydrogen) atoms. The van der Waals surface area contributed by atoms with Gasteiger partial charge in [-0.3, -0.25) is 24.3 Å². The highest BCUT2D eigenvalue weighted by Crippen LogP contribution is 2.26. The highest BCUT2D eigenvalue weighted by Gasteiger charge is 2.36. The molecule has 3 aromatic rings. The number of pyridine rings is 1. The number of hydrogen-bond acceptors (Lipinski definition) is 5. The van der Waals surface area contributed by atoms with Crippen LogP contribution < -0.4 is 10.1 Å². The van der Waals surface area contributed by atoms with Gasteiger partial charge in [-0.25, -0.2) is 0 Å². The van der Waals surface area contributed by atoms with Gasteiger partial charge in [0.15, 0.2) is 0 Å². The lowest BCUT2D eigenvalue weighted by atomic mass is 10.1. The van der Waals surface area contributed by atoms with Crippen molar-refractivity contribution < 1.29 is 19.1 Å². The number of aromatic nitrogens is 1. The van der Waals surface area contributed by atoms with Gasteiger partial charge in [0.2, 0.25) is 5.91 Å². The maximum atomic E-state index is 12.5. The van der Waals surface area contributed by atoms with E-state index in [-0.39, 0.29) is 6.54 Å². The second kappa shape index (κ2) is 6.53.